The summed E-state index contributed by atoms with van der Waals surface area (Å²) in [6.07, 6.45) is 5.06. The van der Waals surface area contributed by atoms with E-state index >= 15 is 0 Å². The van der Waals surface area contributed by atoms with Gasteiger partial charge >= 0.3 is 0 Å². The monoisotopic (exact) mass is 234 g/mol. The maximum Gasteiger partial charge on any atom is 0.256 e. The van der Waals surface area contributed by atoms with Crippen LogP contribution in [-0.2, 0) is 6.42 Å². The number of amides is 1. The van der Waals surface area contributed by atoms with E-state index in [0.717, 1.165) is 18.5 Å². The largest absolute Gasteiger partial charge is 0.480 e. The third kappa shape index (κ3) is 2.96. The van der Waals surface area contributed by atoms with Crippen molar-refractivity contribution in [3.05, 3.63) is 23.4 Å². The molecule has 1 saturated carbocycles. The number of hydrogen-bond donors (Lipinski definition) is 1. The topological polar surface area (TPSA) is 51.2 Å². The van der Waals surface area contributed by atoms with E-state index in [-0.39, 0.29) is 5.91 Å². The van der Waals surface area contributed by atoms with Crippen molar-refractivity contribution in [3.8, 4) is 5.88 Å². The quantitative estimate of drug-likeness (QED) is 0.845. The molecule has 0 spiro atoms. The Bertz CT molecular complexity index is 414. The normalized spacial score (nSPS) is 14.5. The van der Waals surface area contributed by atoms with E-state index in [9.17, 15) is 4.79 Å². The first-order valence-electron chi connectivity index (χ1n) is 6.05. The number of rotatable bonds is 5. The van der Waals surface area contributed by atoms with E-state index in [1.165, 1.54) is 20.0 Å². The van der Waals surface area contributed by atoms with Crippen molar-refractivity contribution in [1.82, 2.24) is 10.3 Å². The highest BCUT2D eigenvalue weighted by atomic mass is 16.5. The highest BCUT2D eigenvalue weighted by Gasteiger charge is 2.23. The molecule has 0 bridgehead atoms. The van der Waals surface area contributed by atoms with Gasteiger partial charge in [0, 0.05) is 12.7 Å². The number of methoxy groups -OCH3 is 1. The summed E-state index contributed by atoms with van der Waals surface area (Å²) in [6.45, 7) is 2.80. The first-order valence-corrected chi connectivity index (χ1v) is 6.05. The summed E-state index contributed by atoms with van der Waals surface area (Å²) in [6, 6.07) is 1.86. The van der Waals surface area contributed by atoms with Crippen LogP contribution in [0.25, 0.3) is 0 Å². The molecule has 4 nitrogen and oxygen atoms in total. The number of hydrogen-bond acceptors (Lipinski definition) is 3. The predicted molar refractivity (Wildman–Crippen MR) is 65.2 cm³/mol. The molecule has 0 saturated heterocycles. The average molecular weight is 234 g/mol. The molecule has 0 unspecified atom stereocenters. The second kappa shape index (κ2) is 5.17. The van der Waals surface area contributed by atoms with Gasteiger partial charge in [0.15, 0.2) is 0 Å². The molecule has 0 atom stereocenters. The molecule has 92 valence electrons. The van der Waals surface area contributed by atoms with Crippen molar-refractivity contribution in [1.29, 1.82) is 0 Å². The molecule has 17 heavy (non-hydrogen) atoms. The summed E-state index contributed by atoms with van der Waals surface area (Å²) in [5, 5.41) is 2.93. The van der Waals surface area contributed by atoms with Gasteiger partial charge in [-0.2, -0.15) is 0 Å². The van der Waals surface area contributed by atoms with Gasteiger partial charge in [-0.3, -0.25) is 4.79 Å². The Morgan fingerprint density at radius 2 is 2.35 bits per heavy atom. The molecule has 1 heterocycles. The number of ether oxygens (including phenoxy) is 1. The zero-order chi connectivity index (χ0) is 12.3. The Kier molecular flexibility index (Phi) is 3.61. The number of carbonyl (C=O) groups excluding carboxylic acids is 1. The Labute approximate surface area is 101 Å². The van der Waals surface area contributed by atoms with Crippen LogP contribution in [0.5, 0.6) is 5.88 Å². The van der Waals surface area contributed by atoms with Gasteiger partial charge in [0.1, 0.15) is 5.56 Å². The smallest absolute Gasteiger partial charge is 0.256 e. The van der Waals surface area contributed by atoms with Crippen molar-refractivity contribution >= 4 is 5.91 Å². The lowest BCUT2D eigenvalue weighted by Crippen LogP contribution is -2.26. The van der Waals surface area contributed by atoms with E-state index in [4.69, 9.17) is 4.74 Å². The molecule has 0 aromatic carbocycles. The van der Waals surface area contributed by atoms with Gasteiger partial charge in [0.25, 0.3) is 5.91 Å². The number of pyridine rings is 1. The van der Waals surface area contributed by atoms with Gasteiger partial charge < -0.3 is 10.1 Å². The third-order valence-corrected chi connectivity index (χ3v) is 3.00. The highest BCUT2D eigenvalue weighted by Crippen LogP contribution is 2.27. The SMILES string of the molecule is CCc1cnc(OC)c(C(=O)NCC2CC2)c1. The van der Waals surface area contributed by atoms with Crippen LogP contribution in [-0.4, -0.2) is 24.5 Å². The Morgan fingerprint density at radius 3 is 2.94 bits per heavy atom. The van der Waals surface area contributed by atoms with Gasteiger partial charge in [-0.1, -0.05) is 6.92 Å². The number of nitrogens with zero attached hydrogens (tertiary/aromatic N) is 1. The van der Waals surface area contributed by atoms with Crippen molar-refractivity contribution in [2.45, 2.75) is 26.2 Å². The van der Waals surface area contributed by atoms with Crippen LogP contribution in [0, 0.1) is 5.92 Å². The van der Waals surface area contributed by atoms with Crippen molar-refractivity contribution in [2.24, 2.45) is 5.92 Å². The molecule has 4 heteroatoms. The second-order valence-corrected chi connectivity index (χ2v) is 4.41. The highest BCUT2D eigenvalue weighted by molar-refractivity contribution is 5.96. The van der Waals surface area contributed by atoms with Gasteiger partial charge in [-0.15, -0.1) is 0 Å². The van der Waals surface area contributed by atoms with E-state index in [2.05, 4.69) is 10.3 Å². The van der Waals surface area contributed by atoms with Gasteiger partial charge in [0.2, 0.25) is 5.88 Å². The standard InChI is InChI=1S/C13H18N2O2/c1-3-9-6-11(13(17-2)15-7-9)12(16)14-8-10-4-5-10/h6-7,10H,3-5,8H2,1-2H3,(H,14,16). The molecule has 1 aliphatic carbocycles. The summed E-state index contributed by atoms with van der Waals surface area (Å²) in [5.41, 5.74) is 1.58. The zero-order valence-corrected chi connectivity index (χ0v) is 10.3. The fourth-order valence-electron chi connectivity index (χ4n) is 1.67. The first kappa shape index (κ1) is 11.9. The number of carbonyl (C=O) groups is 1. The molecule has 1 aromatic rings. The third-order valence-electron chi connectivity index (χ3n) is 3.00. The molecule has 1 N–H and O–H groups in total. The van der Waals surface area contributed by atoms with E-state index < -0.39 is 0 Å². The lowest BCUT2D eigenvalue weighted by Gasteiger charge is -2.09. The first-order chi connectivity index (χ1) is 8.24. The van der Waals surface area contributed by atoms with Crippen LogP contribution >= 0.6 is 0 Å². The summed E-state index contributed by atoms with van der Waals surface area (Å²) in [5.74, 6) is 0.985. The molecular formula is C13H18N2O2. The molecule has 2 rings (SSSR count). The van der Waals surface area contributed by atoms with Crippen LogP contribution in [0.2, 0.25) is 0 Å². The summed E-state index contributed by atoms with van der Waals surface area (Å²) in [7, 11) is 1.53. The number of aryl methyl sites for hydroxylation is 1. The van der Waals surface area contributed by atoms with E-state index in [0.29, 0.717) is 17.4 Å². The summed E-state index contributed by atoms with van der Waals surface area (Å²) < 4.78 is 5.12. The Hall–Kier alpha value is -1.58. The minimum Gasteiger partial charge on any atom is -0.480 e. The van der Waals surface area contributed by atoms with E-state index in [1.807, 2.05) is 13.0 Å². The molecule has 1 aromatic heterocycles. The number of nitrogens with one attached hydrogen (secondary N) is 1. The molecule has 1 aliphatic rings. The lowest BCUT2D eigenvalue weighted by atomic mass is 10.1. The van der Waals surface area contributed by atoms with Gasteiger partial charge in [-0.05, 0) is 36.8 Å². The van der Waals surface area contributed by atoms with Gasteiger partial charge in [0.05, 0.1) is 7.11 Å². The molecule has 1 amide bonds. The maximum atomic E-state index is 12.0. The van der Waals surface area contributed by atoms with Crippen molar-refractivity contribution in [2.75, 3.05) is 13.7 Å². The molecular weight excluding hydrogens is 216 g/mol. The fraction of sp³-hybridized carbons (Fsp3) is 0.538. The van der Waals surface area contributed by atoms with Crippen LogP contribution in [0.1, 0.15) is 35.7 Å². The number of aromatic nitrogens is 1. The van der Waals surface area contributed by atoms with Gasteiger partial charge in [-0.25, -0.2) is 4.98 Å². The molecule has 0 aliphatic heterocycles. The maximum absolute atomic E-state index is 12.0. The zero-order valence-electron chi connectivity index (χ0n) is 10.3. The summed E-state index contributed by atoms with van der Waals surface area (Å²) >= 11 is 0. The van der Waals surface area contributed by atoms with E-state index in [1.54, 1.807) is 6.20 Å². The lowest BCUT2D eigenvalue weighted by molar-refractivity contribution is 0.0948. The minimum absolute atomic E-state index is 0.0865. The predicted octanol–water partition coefficient (Wildman–Crippen LogP) is 1.79. The van der Waals surface area contributed by atoms with Crippen LogP contribution < -0.4 is 10.1 Å². The van der Waals surface area contributed by atoms with Crippen LogP contribution in [0.15, 0.2) is 12.3 Å². The van der Waals surface area contributed by atoms with Crippen LogP contribution in [0.4, 0.5) is 0 Å². The minimum atomic E-state index is -0.0865. The van der Waals surface area contributed by atoms with Crippen molar-refractivity contribution in [3.63, 3.8) is 0 Å². The van der Waals surface area contributed by atoms with Crippen molar-refractivity contribution < 1.29 is 9.53 Å². The molecule has 1 fully saturated rings. The van der Waals surface area contributed by atoms with Crippen LogP contribution in [0.3, 0.4) is 0 Å². The fourth-order valence-corrected chi connectivity index (χ4v) is 1.67. The Morgan fingerprint density at radius 1 is 1.59 bits per heavy atom. The Balaban J connectivity index is 2.12. The molecule has 0 radical (unpaired) electrons. The average Bonchev–Trinajstić information content (AvgIpc) is 3.19. The summed E-state index contributed by atoms with van der Waals surface area (Å²) in [4.78, 5) is 16.1. The second-order valence-electron chi connectivity index (χ2n) is 4.41.